The van der Waals surface area contributed by atoms with Crippen molar-refractivity contribution >= 4 is 28.1 Å². The fourth-order valence-corrected chi connectivity index (χ4v) is 3.32. The van der Waals surface area contributed by atoms with Gasteiger partial charge in [-0.05, 0) is 36.8 Å². The van der Waals surface area contributed by atoms with Gasteiger partial charge in [0.25, 0.3) is 0 Å². The van der Waals surface area contributed by atoms with Crippen molar-refractivity contribution in [3.63, 3.8) is 0 Å². The lowest BCUT2D eigenvalue weighted by Gasteiger charge is -2.08. The molecular formula is C14H13ClFNOS. The van der Waals surface area contributed by atoms with Crippen molar-refractivity contribution in [3.8, 4) is 0 Å². The SMILES string of the molecule is Cc1ccc(S(=O)Cc2c(F)cccc2Cl)c(N)c1. The number of aryl methyl sites for hydroxylation is 1. The predicted molar refractivity (Wildman–Crippen MR) is 77.1 cm³/mol. The molecule has 2 aromatic carbocycles. The summed E-state index contributed by atoms with van der Waals surface area (Å²) in [6.07, 6.45) is 0. The highest BCUT2D eigenvalue weighted by Gasteiger charge is 2.14. The van der Waals surface area contributed by atoms with E-state index < -0.39 is 16.6 Å². The molecule has 0 aliphatic rings. The van der Waals surface area contributed by atoms with Crippen molar-refractivity contribution in [3.05, 3.63) is 58.4 Å². The maximum absolute atomic E-state index is 13.6. The molecule has 0 aliphatic carbocycles. The molecule has 2 rings (SSSR count). The van der Waals surface area contributed by atoms with E-state index in [1.54, 1.807) is 18.2 Å². The van der Waals surface area contributed by atoms with Crippen LogP contribution in [0.1, 0.15) is 11.1 Å². The van der Waals surface area contributed by atoms with Crippen LogP contribution in [0.25, 0.3) is 0 Å². The van der Waals surface area contributed by atoms with E-state index in [4.69, 9.17) is 17.3 Å². The van der Waals surface area contributed by atoms with Crippen molar-refractivity contribution in [2.75, 3.05) is 5.73 Å². The number of hydrogen-bond donors (Lipinski definition) is 1. The fourth-order valence-electron chi connectivity index (χ4n) is 1.75. The van der Waals surface area contributed by atoms with E-state index in [1.165, 1.54) is 12.1 Å². The third-order valence-corrected chi connectivity index (χ3v) is 4.52. The number of halogens is 2. The Morgan fingerprint density at radius 3 is 2.68 bits per heavy atom. The van der Waals surface area contributed by atoms with Crippen molar-refractivity contribution in [2.24, 2.45) is 0 Å². The molecule has 0 bridgehead atoms. The Bertz CT molecular complexity index is 625. The van der Waals surface area contributed by atoms with E-state index in [0.29, 0.717) is 10.6 Å². The van der Waals surface area contributed by atoms with Crippen LogP contribution in [0.3, 0.4) is 0 Å². The van der Waals surface area contributed by atoms with Crippen LogP contribution in [-0.2, 0) is 16.6 Å². The van der Waals surface area contributed by atoms with Crippen LogP contribution >= 0.6 is 11.6 Å². The van der Waals surface area contributed by atoms with E-state index in [0.717, 1.165) is 5.56 Å². The van der Waals surface area contributed by atoms with Crippen LogP contribution in [0.2, 0.25) is 5.02 Å². The van der Waals surface area contributed by atoms with E-state index >= 15 is 0 Å². The van der Waals surface area contributed by atoms with E-state index in [2.05, 4.69) is 0 Å². The lowest BCUT2D eigenvalue weighted by Crippen LogP contribution is -2.03. The molecule has 0 saturated carbocycles. The Labute approximate surface area is 118 Å². The molecule has 19 heavy (non-hydrogen) atoms. The average molecular weight is 298 g/mol. The summed E-state index contributed by atoms with van der Waals surface area (Å²) in [5.41, 5.74) is 7.52. The van der Waals surface area contributed by atoms with Crippen LogP contribution in [0.5, 0.6) is 0 Å². The molecule has 1 atom stereocenters. The van der Waals surface area contributed by atoms with Gasteiger partial charge in [0.1, 0.15) is 5.82 Å². The van der Waals surface area contributed by atoms with Gasteiger partial charge in [-0.3, -0.25) is 4.21 Å². The minimum Gasteiger partial charge on any atom is -0.398 e. The van der Waals surface area contributed by atoms with Gasteiger partial charge in [-0.1, -0.05) is 23.7 Å². The maximum Gasteiger partial charge on any atom is 0.128 e. The first kappa shape index (κ1) is 14.0. The van der Waals surface area contributed by atoms with Gasteiger partial charge in [-0.15, -0.1) is 0 Å². The zero-order valence-electron chi connectivity index (χ0n) is 10.3. The third kappa shape index (κ3) is 3.14. The molecule has 2 aromatic rings. The minimum atomic E-state index is -1.42. The van der Waals surface area contributed by atoms with Gasteiger partial charge in [0.05, 0.1) is 21.4 Å². The molecule has 0 saturated heterocycles. The summed E-state index contributed by atoms with van der Waals surface area (Å²) in [5.74, 6) is -0.440. The molecule has 0 aliphatic heterocycles. The Morgan fingerprint density at radius 1 is 1.32 bits per heavy atom. The maximum atomic E-state index is 13.6. The Balaban J connectivity index is 2.31. The van der Waals surface area contributed by atoms with Gasteiger partial charge < -0.3 is 5.73 Å². The monoisotopic (exact) mass is 297 g/mol. The summed E-state index contributed by atoms with van der Waals surface area (Å²) in [5, 5.41) is 0.277. The summed E-state index contributed by atoms with van der Waals surface area (Å²) >= 11 is 5.92. The molecule has 100 valence electrons. The summed E-state index contributed by atoms with van der Waals surface area (Å²) < 4.78 is 25.9. The van der Waals surface area contributed by atoms with Gasteiger partial charge in [0.2, 0.25) is 0 Å². The molecule has 1 unspecified atom stereocenters. The van der Waals surface area contributed by atoms with E-state index in [1.807, 2.05) is 13.0 Å². The second kappa shape index (κ2) is 5.72. The van der Waals surface area contributed by atoms with Crippen LogP contribution in [-0.4, -0.2) is 4.21 Å². The van der Waals surface area contributed by atoms with Gasteiger partial charge >= 0.3 is 0 Å². The highest BCUT2D eigenvalue weighted by atomic mass is 35.5. The number of rotatable bonds is 3. The zero-order chi connectivity index (χ0) is 14.0. The molecule has 0 aromatic heterocycles. The van der Waals surface area contributed by atoms with Crippen LogP contribution in [0, 0.1) is 12.7 Å². The van der Waals surface area contributed by atoms with Crippen molar-refractivity contribution in [1.82, 2.24) is 0 Å². The van der Waals surface area contributed by atoms with Gasteiger partial charge in [0.15, 0.2) is 0 Å². The molecule has 0 fully saturated rings. The first-order valence-corrected chi connectivity index (χ1v) is 7.36. The first-order valence-electron chi connectivity index (χ1n) is 5.66. The fraction of sp³-hybridized carbons (Fsp3) is 0.143. The molecule has 2 N–H and O–H groups in total. The number of nitrogens with two attached hydrogens (primary N) is 1. The first-order chi connectivity index (χ1) is 8.99. The van der Waals surface area contributed by atoms with Gasteiger partial charge in [-0.25, -0.2) is 4.39 Å². The minimum absolute atomic E-state index is 0.0127. The number of benzene rings is 2. The Morgan fingerprint density at radius 2 is 2.05 bits per heavy atom. The Hall–Kier alpha value is -1.39. The van der Waals surface area contributed by atoms with Gasteiger partial charge in [0, 0.05) is 16.3 Å². The van der Waals surface area contributed by atoms with E-state index in [-0.39, 0.29) is 16.3 Å². The number of nitrogen functional groups attached to an aromatic ring is 1. The average Bonchev–Trinajstić information content (AvgIpc) is 2.33. The quantitative estimate of drug-likeness (QED) is 0.878. The topological polar surface area (TPSA) is 43.1 Å². The molecule has 5 heteroatoms. The standard InChI is InChI=1S/C14H13ClFNOS/c1-9-5-6-14(13(17)7-9)19(18)8-10-11(15)3-2-4-12(10)16/h2-7H,8,17H2,1H3. The van der Waals surface area contributed by atoms with Crippen molar-refractivity contribution < 1.29 is 8.60 Å². The lowest BCUT2D eigenvalue weighted by molar-refractivity contribution is 0.615. The van der Waals surface area contributed by atoms with E-state index in [9.17, 15) is 8.60 Å². The third-order valence-electron chi connectivity index (χ3n) is 2.75. The molecule has 0 spiro atoms. The highest BCUT2D eigenvalue weighted by Crippen LogP contribution is 2.25. The molecule has 0 heterocycles. The number of anilines is 1. The normalized spacial score (nSPS) is 12.4. The summed E-state index contributed by atoms with van der Waals surface area (Å²) in [6, 6.07) is 9.68. The molecular weight excluding hydrogens is 285 g/mol. The predicted octanol–water partition coefficient (Wildman–Crippen LogP) is 3.68. The zero-order valence-corrected chi connectivity index (χ0v) is 11.9. The van der Waals surface area contributed by atoms with Crippen LogP contribution < -0.4 is 5.73 Å². The molecule has 0 radical (unpaired) electrons. The lowest BCUT2D eigenvalue weighted by atomic mass is 10.2. The molecule has 0 amide bonds. The second-order valence-electron chi connectivity index (χ2n) is 4.23. The Kier molecular flexibility index (Phi) is 4.22. The van der Waals surface area contributed by atoms with Crippen molar-refractivity contribution in [2.45, 2.75) is 17.6 Å². The summed E-state index contributed by atoms with van der Waals surface area (Å²) in [4.78, 5) is 0.505. The molecule has 2 nitrogen and oxygen atoms in total. The highest BCUT2D eigenvalue weighted by molar-refractivity contribution is 7.84. The second-order valence-corrected chi connectivity index (χ2v) is 6.06. The smallest absolute Gasteiger partial charge is 0.128 e. The van der Waals surface area contributed by atoms with Gasteiger partial charge in [-0.2, -0.15) is 0 Å². The summed E-state index contributed by atoms with van der Waals surface area (Å²) in [7, 11) is -1.42. The largest absolute Gasteiger partial charge is 0.398 e. The summed E-state index contributed by atoms with van der Waals surface area (Å²) in [6.45, 7) is 1.90. The van der Waals surface area contributed by atoms with Crippen LogP contribution in [0.15, 0.2) is 41.3 Å². The van der Waals surface area contributed by atoms with Crippen molar-refractivity contribution in [1.29, 1.82) is 0 Å². The van der Waals surface area contributed by atoms with Crippen LogP contribution in [0.4, 0.5) is 10.1 Å². The number of hydrogen-bond acceptors (Lipinski definition) is 2.